The Bertz CT molecular complexity index is 424. The van der Waals surface area contributed by atoms with Gasteiger partial charge in [-0.05, 0) is 12.8 Å². The molecule has 3 amide bonds. The lowest BCUT2D eigenvalue weighted by molar-refractivity contribution is -0.140. The Hall–Kier alpha value is -2.32. The Balaban J connectivity index is 2.52. The quantitative estimate of drug-likeness (QED) is 0.483. The summed E-state index contributed by atoms with van der Waals surface area (Å²) in [6, 6.07) is -1.90. The van der Waals surface area contributed by atoms with Gasteiger partial charge in [0.2, 0.25) is 5.91 Å². The monoisotopic (exact) mass is 287 g/mol. The highest BCUT2D eigenvalue weighted by atomic mass is 16.4. The van der Waals surface area contributed by atoms with Crippen LogP contribution >= 0.6 is 0 Å². The Morgan fingerprint density at radius 2 is 1.95 bits per heavy atom. The molecule has 9 nitrogen and oxygen atoms in total. The van der Waals surface area contributed by atoms with Gasteiger partial charge in [0.05, 0.1) is 5.92 Å². The van der Waals surface area contributed by atoms with E-state index >= 15 is 0 Å². The fraction of sp³-hybridized carbons (Fsp3) is 0.636. The number of urea groups is 1. The summed E-state index contributed by atoms with van der Waals surface area (Å²) in [5.41, 5.74) is 5.13. The lowest BCUT2D eigenvalue weighted by Gasteiger charge is -2.20. The van der Waals surface area contributed by atoms with Crippen molar-refractivity contribution in [2.75, 3.05) is 13.1 Å². The van der Waals surface area contributed by atoms with Crippen LogP contribution in [0.25, 0.3) is 0 Å². The van der Waals surface area contributed by atoms with Crippen LogP contribution in [0.15, 0.2) is 0 Å². The number of primary amides is 1. The smallest absolute Gasteiger partial charge is 0.326 e. The van der Waals surface area contributed by atoms with Crippen LogP contribution in [0.4, 0.5) is 4.79 Å². The number of nitrogens with one attached hydrogen (secondary N) is 1. The topological polar surface area (TPSA) is 150 Å². The van der Waals surface area contributed by atoms with Gasteiger partial charge in [-0.3, -0.25) is 9.59 Å². The molecule has 0 aromatic heterocycles. The molecule has 0 spiro atoms. The van der Waals surface area contributed by atoms with Gasteiger partial charge in [-0.25, -0.2) is 9.59 Å². The van der Waals surface area contributed by atoms with Crippen molar-refractivity contribution < 1.29 is 29.4 Å². The average Bonchev–Trinajstić information content (AvgIpc) is 2.83. The van der Waals surface area contributed by atoms with E-state index in [1.165, 1.54) is 4.90 Å². The fourth-order valence-electron chi connectivity index (χ4n) is 1.94. The van der Waals surface area contributed by atoms with Gasteiger partial charge in [-0.1, -0.05) is 0 Å². The molecule has 0 bridgehead atoms. The zero-order valence-electron chi connectivity index (χ0n) is 10.7. The molecule has 0 aromatic carbocycles. The summed E-state index contributed by atoms with van der Waals surface area (Å²) in [4.78, 5) is 45.5. The number of amides is 3. The van der Waals surface area contributed by atoms with Crippen molar-refractivity contribution in [1.82, 2.24) is 10.2 Å². The highest BCUT2D eigenvalue weighted by molar-refractivity contribution is 5.84. The molecule has 20 heavy (non-hydrogen) atoms. The number of carbonyl (C=O) groups is 4. The number of nitrogens with two attached hydrogens (primary N) is 1. The summed E-state index contributed by atoms with van der Waals surface area (Å²) in [7, 11) is 0. The maximum absolute atomic E-state index is 11.8. The van der Waals surface area contributed by atoms with Crippen LogP contribution in [0.3, 0.4) is 0 Å². The van der Waals surface area contributed by atoms with Gasteiger partial charge in [-0.15, -0.1) is 0 Å². The van der Waals surface area contributed by atoms with Crippen molar-refractivity contribution in [2.45, 2.75) is 25.3 Å². The molecule has 1 heterocycles. The Kier molecular flexibility index (Phi) is 5.30. The predicted molar refractivity (Wildman–Crippen MR) is 65.7 cm³/mol. The van der Waals surface area contributed by atoms with E-state index in [0.29, 0.717) is 13.0 Å². The molecule has 0 saturated carbocycles. The van der Waals surface area contributed by atoms with E-state index in [1.807, 2.05) is 0 Å². The Labute approximate surface area is 114 Å². The van der Waals surface area contributed by atoms with E-state index in [0.717, 1.165) is 0 Å². The van der Waals surface area contributed by atoms with Gasteiger partial charge in [0.1, 0.15) is 6.04 Å². The van der Waals surface area contributed by atoms with E-state index in [-0.39, 0.29) is 19.4 Å². The number of nitrogens with zero attached hydrogens (tertiary/aromatic N) is 1. The largest absolute Gasteiger partial charge is 0.481 e. The molecule has 1 rings (SSSR count). The molecular weight excluding hydrogens is 270 g/mol. The predicted octanol–water partition coefficient (Wildman–Crippen LogP) is -1.18. The third kappa shape index (κ3) is 4.41. The highest BCUT2D eigenvalue weighted by Crippen LogP contribution is 2.15. The third-order valence-electron chi connectivity index (χ3n) is 3.12. The molecule has 0 aromatic rings. The molecule has 1 aliphatic rings. The van der Waals surface area contributed by atoms with Gasteiger partial charge in [-0.2, -0.15) is 0 Å². The van der Waals surface area contributed by atoms with Crippen molar-refractivity contribution >= 4 is 23.9 Å². The maximum atomic E-state index is 11.8. The number of rotatable bonds is 6. The zero-order chi connectivity index (χ0) is 15.3. The summed E-state index contributed by atoms with van der Waals surface area (Å²) >= 11 is 0. The van der Waals surface area contributed by atoms with E-state index in [2.05, 4.69) is 5.32 Å². The van der Waals surface area contributed by atoms with Gasteiger partial charge < -0.3 is 26.2 Å². The molecule has 2 unspecified atom stereocenters. The van der Waals surface area contributed by atoms with Crippen LogP contribution in [0.1, 0.15) is 19.3 Å². The van der Waals surface area contributed by atoms with E-state index in [1.54, 1.807) is 0 Å². The Morgan fingerprint density at radius 1 is 1.30 bits per heavy atom. The summed E-state index contributed by atoms with van der Waals surface area (Å²) in [5.74, 6) is -3.37. The summed E-state index contributed by atoms with van der Waals surface area (Å²) in [6.45, 7) is 0.456. The first-order chi connectivity index (χ1) is 9.31. The molecule has 1 fully saturated rings. The number of likely N-dealkylation sites (tertiary alicyclic amines) is 1. The Morgan fingerprint density at radius 3 is 2.40 bits per heavy atom. The van der Waals surface area contributed by atoms with Gasteiger partial charge in [0, 0.05) is 19.5 Å². The molecule has 1 aliphatic heterocycles. The van der Waals surface area contributed by atoms with Gasteiger partial charge in [0.25, 0.3) is 0 Å². The molecule has 1 saturated heterocycles. The lowest BCUT2D eigenvalue weighted by atomic mass is 10.1. The van der Waals surface area contributed by atoms with Gasteiger partial charge >= 0.3 is 18.0 Å². The first-order valence-corrected chi connectivity index (χ1v) is 6.10. The standard InChI is InChI=1S/C11H17N3O6/c12-9(17)6-3-4-14(5-6)11(20)13-7(10(18)19)1-2-8(15)16/h6-7H,1-5H2,(H2,12,17)(H,13,20)(H,15,16)(H,18,19). The second-order valence-corrected chi connectivity index (χ2v) is 4.61. The van der Waals surface area contributed by atoms with Crippen molar-refractivity contribution in [1.29, 1.82) is 0 Å². The number of carboxylic acid groups (broad SMARTS) is 2. The second kappa shape index (κ2) is 6.73. The average molecular weight is 287 g/mol. The number of hydrogen-bond acceptors (Lipinski definition) is 4. The SMILES string of the molecule is NC(=O)C1CCN(C(=O)NC(CCC(=O)O)C(=O)O)C1. The fourth-order valence-corrected chi connectivity index (χ4v) is 1.94. The summed E-state index contributed by atoms with van der Waals surface area (Å²) in [5, 5.41) is 19.7. The molecule has 9 heteroatoms. The van der Waals surface area contributed by atoms with E-state index in [4.69, 9.17) is 15.9 Å². The normalized spacial score (nSPS) is 19.4. The van der Waals surface area contributed by atoms with Crippen LogP contribution in [0, 0.1) is 5.92 Å². The molecule has 5 N–H and O–H groups in total. The number of hydrogen-bond donors (Lipinski definition) is 4. The van der Waals surface area contributed by atoms with Crippen LogP contribution in [0.5, 0.6) is 0 Å². The molecule has 0 aliphatic carbocycles. The minimum absolute atomic E-state index is 0.145. The first-order valence-electron chi connectivity index (χ1n) is 6.10. The van der Waals surface area contributed by atoms with Crippen LogP contribution in [0.2, 0.25) is 0 Å². The van der Waals surface area contributed by atoms with Crippen molar-refractivity contribution in [3.05, 3.63) is 0 Å². The van der Waals surface area contributed by atoms with Crippen LogP contribution < -0.4 is 11.1 Å². The summed E-state index contributed by atoms with van der Waals surface area (Å²) in [6.07, 6.45) is -0.125. The van der Waals surface area contributed by atoms with E-state index < -0.39 is 35.8 Å². The summed E-state index contributed by atoms with van der Waals surface area (Å²) < 4.78 is 0. The number of carboxylic acids is 2. The van der Waals surface area contributed by atoms with Gasteiger partial charge in [0.15, 0.2) is 0 Å². The number of aliphatic carboxylic acids is 2. The van der Waals surface area contributed by atoms with Crippen molar-refractivity contribution in [3.8, 4) is 0 Å². The molecular formula is C11H17N3O6. The second-order valence-electron chi connectivity index (χ2n) is 4.61. The van der Waals surface area contributed by atoms with Crippen LogP contribution in [-0.2, 0) is 14.4 Å². The van der Waals surface area contributed by atoms with Crippen molar-refractivity contribution in [2.24, 2.45) is 11.7 Å². The molecule has 0 radical (unpaired) electrons. The van der Waals surface area contributed by atoms with Crippen LogP contribution in [-0.4, -0.2) is 58.1 Å². The number of carbonyl (C=O) groups excluding carboxylic acids is 2. The highest BCUT2D eigenvalue weighted by Gasteiger charge is 2.31. The van der Waals surface area contributed by atoms with E-state index in [9.17, 15) is 19.2 Å². The minimum atomic E-state index is -1.30. The molecule has 2 atom stereocenters. The lowest BCUT2D eigenvalue weighted by Crippen LogP contribution is -2.47. The van der Waals surface area contributed by atoms with Crippen molar-refractivity contribution in [3.63, 3.8) is 0 Å². The molecule has 112 valence electrons. The third-order valence-corrected chi connectivity index (χ3v) is 3.12. The minimum Gasteiger partial charge on any atom is -0.481 e. The zero-order valence-corrected chi connectivity index (χ0v) is 10.7. The first kappa shape index (κ1) is 15.7. The maximum Gasteiger partial charge on any atom is 0.326 e.